The number of hydrogen-bond acceptors (Lipinski definition) is 6. The van der Waals surface area contributed by atoms with E-state index in [4.69, 9.17) is 11.2 Å². The van der Waals surface area contributed by atoms with E-state index in [1.54, 1.807) is 24.3 Å². The van der Waals surface area contributed by atoms with Gasteiger partial charge in [-0.25, -0.2) is 14.5 Å². The second-order valence-electron chi connectivity index (χ2n) is 6.06. The van der Waals surface area contributed by atoms with E-state index in [1.165, 1.54) is 37.5 Å². The summed E-state index contributed by atoms with van der Waals surface area (Å²) in [7, 11) is 1.24. The molecule has 0 radical (unpaired) electrons. The van der Waals surface area contributed by atoms with Gasteiger partial charge < -0.3 is 9.47 Å². The first-order valence-corrected chi connectivity index (χ1v) is 8.70. The third-order valence-corrected chi connectivity index (χ3v) is 4.14. The summed E-state index contributed by atoms with van der Waals surface area (Å²) in [6.07, 6.45) is 6.52. The minimum absolute atomic E-state index is 0.0727. The van der Waals surface area contributed by atoms with Crippen LogP contribution in [0.15, 0.2) is 54.1 Å². The molecule has 8 heteroatoms. The Bertz CT molecular complexity index is 1100. The molecule has 1 saturated heterocycles. The van der Waals surface area contributed by atoms with Crippen LogP contribution < -0.4 is 15.0 Å². The number of nitrogens with one attached hydrogen (secondary N) is 1. The van der Waals surface area contributed by atoms with Gasteiger partial charge in [-0.1, -0.05) is 18.1 Å². The summed E-state index contributed by atoms with van der Waals surface area (Å²) in [5, 5.41) is 2.14. The van der Waals surface area contributed by atoms with Gasteiger partial charge >= 0.3 is 12.0 Å². The molecule has 0 atom stereocenters. The van der Waals surface area contributed by atoms with Crippen LogP contribution in [0.5, 0.6) is 5.75 Å². The molecule has 1 aliphatic heterocycles. The van der Waals surface area contributed by atoms with Crippen molar-refractivity contribution in [1.82, 2.24) is 5.32 Å². The number of amides is 4. The smallest absolute Gasteiger partial charge is 0.337 e. The van der Waals surface area contributed by atoms with Gasteiger partial charge in [0, 0.05) is 0 Å². The van der Waals surface area contributed by atoms with Crippen molar-refractivity contribution in [2.75, 3.05) is 18.6 Å². The molecule has 4 amide bonds. The summed E-state index contributed by atoms with van der Waals surface area (Å²) in [4.78, 5) is 49.8. The highest BCUT2D eigenvalue weighted by Gasteiger charge is 2.36. The average Bonchev–Trinajstić information content (AvgIpc) is 2.75. The van der Waals surface area contributed by atoms with Crippen LogP contribution in [0.1, 0.15) is 15.9 Å². The van der Waals surface area contributed by atoms with Crippen molar-refractivity contribution in [1.29, 1.82) is 0 Å². The molecule has 0 spiro atoms. The van der Waals surface area contributed by atoms with Gasteiger partial charge in [-0.05, 0) is 48.0 Å². The van der Waals surface area contributed by atoms with Crippen LogP contribution in [0.25, 0.3) is 6.08 Å². The maximum Gasteiger partial charge on any atom is 0.337 e. The van der Waals surface area contributed by atoms with E-state index in [2.05, 4.69) is 16.0 Å². The highest BCUT2D eigenvalue weighted by molar-refractivity contribution is 6.39. The third-order valence-electron chi connectivity index (χ3n) is 4.14. The van der Waals surface area contributed by atoms with Gasteiger partial charge in [0.1, 0.15) is 17.9 Å². The topological polar surface area (TPSA) is 102 Å². The van der Waals surface area contributed by atoms with Crippen LogP contribution in [0, 0.1) is 12.3 Å². The number of anilines is 1. The molecule has 150 valence electrons. The average molecular weight is 404 g/mol. The standard InChI is InChI=1S/C22H16N2O6/c1-3-11-30-17-6-4-5-14(12-17)13-18-19(25)23-22(28)24(20(18)26)16-9-7-15(8-10-16)21(27)29-2/h1,4-10,12-13H,11H2,2H3,(H,23,25,28)/b18-13-. The second-order valence-corrected chi connectivity index (χ2v) is 6.06. The molecule has 0 saturated carbocycles. The Labute approximate surface area is 172 Å². The lowest BCUT2D eigenvalue weighted by Gasteiger charge is -2.26. The minimum Gasteiger partial charge on any atom is -0.481 e. The van der Waals surface area contributed by atoms with E-state index in [0.717, 1.165) is 4.90 Å². The van der Waals surface area contributed by atoms with E-state index in [0.29, 0.717) is 11.3 Å². The Morgan fingerprint density at radius 3 is 2.57 bits per heavy atom. The number of esters is 1. The fourth-order valence-electron chi connectivity index (χ4n) is 2.74. The highest BCUT2D eigenvalue weighted by Crippen LogP contribution is 2.23. The number of carbonyl (C=O) groups is 4. The lowest BCUT2D eigenvalue weighted by Crippen LogP contribution is -2.54. The first-order valence-electron chi connectivity index (χ1n) is 8.70. The summed E-state index contributed by atoms with van der Waals surface area (Å²) in [6.45, 7) is 0.0727. The third kappa shape index (κ3) is 4.20. The molecule has 1 heterocycles. The fourth-order valence-corrected chi connectivity index (χ4v) is 2.74. The number of barbiturate groups is 1. The molecule has 1 aliphatic rings. The Kier molecular flexibility index (Phi) is 5.94. The number of nitrogens with zero attached hydrogens (tertiary/aromatic N) is 1. The molecule has 2 aromatic rings. The van der Waals surface area contributed by atoms with Crippen molar-refractivity contribution in [3.8, 4) is 18.1 Å². The number of ether oxygens (including phenoxy) is 2. The first kappa shape index (κ1) is 20.4. The molecule has 0 bridgehead atoms. The van der Waals surface area contributed by atoms with Crippen molar-refractivity contribution < 1.29 is 28.7 Å². The zero-order chi connectivity index (χ0) is 21.7. The quantitative estimate of drug-likeness (QED) is 0.355. The predicted octanol–water partition coefficient (Wildman–Crippen LogP) is 2.15. The van der Waals surface area contributed by atoms with E-state index in [-0.39, 0.29) is 23.4 Å². The van der Waals surface area contributed by atoms with Crippen molar-refractivity contribution in [3.05, 3.63) is 65.2 Å². The van der Waals surface area contributed by atoms with Crippen LogP contribution in [-0.2, 0) is 14.3 Å². The van der Waals surface area contributed by atoms with E-state index in [9.17, 15) is 19.2 Å². The van der Waals surface area contributed by atoms with Gasteiger partial charge in [0.25, 0.3) is 11.8 Å². The zero-order valence-electron chi connectivity index (χ0n) is 15.9. The highest BCUT2D eigenvalue weighted by atomic mass is 16.5. The van der Waals surface area contributed by atoms with Crippen molar-refractivity contribution in [3.63, 3.8) is 0 Å². The molecule has 0 unspecified atom stereocenters. The summed E-state index contributed by atoms with van der Waals surface area (Å²) in [6, 6.07) is 11.4. The van der Waals surface area contributed by atoms with Gasteiger partial charge in [0.15, 0.2) is 0 Å². The predicted molar refractivity (Wildman–Crippen MR) is 108 cm³/mol. The Balaban J connectivity index is 1.92. The van der Waals surface area contributed by atoms with Gasteiger partial charge in [0.2, 0.25) is 0 Å². The van der Waals surface area contributed by atoms with E-state index >= 15 is 0 Å². The normalized spacial score (nSPS) is 14.9. The lowest BCUT2D eigenvalue weighted by atomic mass is 10.1. The number of carbonyl (C=O) groups excluding carboxylic acids is 4. The Morgan fingerprint density at radius 2 is 1.90 bits per heavy atom. The molecule has 1 fully saturated rings. The zero-order valence-corrected chi connectivity index (χ0v) is 15.9. The number of benzene rings is 2. The SMILES string of the molecule is C#CCOc1cccc(/C=C2/C(=O)NC(=O)N(c3ccc(C(=O)OC)cc3)C2=O)c1. The van der Waals surface area contributed by atoms with E-state index in [1.807, 2.05) is 0 Å². The fraction of sp³-hybridized carbons (Fsp3) is 0.0909. The number of methoxy groups -OCH3 is 1. The largest absolute Gasteiger partial charge is 0.481 e. The maximum absolute atomic E-state index is 12.9. The minimum atomic E-state index is -0.890. The molecule has 1 N–H and O–H groups in total. The molecule has 0 aliphatic carbocycles. The van der Waals surface area contributed by atoms with Crippen LogP contribution in [0.4, 0.5) is 10.5 Å². The number of hydrogen-bond donors (Lipinski definition) is 1. The molecular weight excluding hydrogens is 388 g/mol. The molecule has 8 nitrogen and oxygen atoms in total. The number of imide groups is 2. The summed E-state index contributed by atoms with van der Waals surface area (Å²) in [5.41, 5.74) is 0.718. The number of terminal acetylenes is 1. The van der Waals surface area contributed by atoms with Crippen LogP contribution in [0.2, 0.25) is 0 Å². The number of urea groups is 1. The van der Waals surface area contributed by atoms with Crippen molar-refractivity contribution in [2.24, 2.45) is 0 Å². The van der Waals surface area contributed by atoms with Gasteiger partial charge in [-0.3, -0.25) is 14.9 Å². The van der Waals surface area contributed by atoms with Gasteiger partial charge in [-0.15, -0.1) is 6.42 Å². The van der Waals surface area contributed by atoms with Crippen LogP contribution >= 0.6 is 0 Å². The monoisotopic (exact) mass is 404 g/mol. The van der Waals surface area contributed by atoms with Crippen LogP contribution in [-0.4, -0.2) is 37.5 Å². The molecular formula is C22H16N2O6. The Morgan fingerprint density at radius 1 is 1.17 bits per heavy atom. The first-order chi connectivity index (χ1) is 14.4. The number of rotatable bonds is 5. The second kappa shape index (κ2) is 8.75. The van der Waals surface area contributed by atoms with Crippen LogP contribution in [0.3, 0.4) is 0 Å². The molecule has 30 heavy (non-hydrogen) atoms. The molecule has 3 rings (SSSR count). The van der Waals surface area contributed by atoms with E-state index < -0.39 is 23.8 Å². The van der Waals surface area contributed by atoms with Crippen molar-refractivity contribution >= 4 is 35.6 Å². The molecule has 2 aromatic carbocycles. The lowest BCUT2D eigenvalue weighted by molar-refractivity contribution is -0.122. The maximum atomic E-state index is 12.9. The van der Waals surface area contributed by atoms with Gasteiger partial charge in [0.05, 0.1) is 18.4 Å². The summed E-state index contributed by atoms with van der Waals surface area (Å²) in [5.74, 6) is 0.640. The van der Waals surface area contributed by atoms with Crippen molar-refractivity contribution in [2.45, 2.75) is 0 Å². The Hall–Kier alpha value is -4.38. The molecule has 0 aromatic heterocycles. The summed E-state index contributed by atoms with van der Waals surface area (Å²) < 4.78 is 9.95. The summed E-state index contributed by atoms with van der Waals surface area (Å²) >= 11 is 0. The van der Waals surface area contributed by atoms with Gasteiger partial charge in [-0.2, -0.15) is 0 Å².